The van der Waals surface area contributed by atoms with Crippen molar-refractivity contribution < 1.29 is 4.74 Å². The van der Waals surface area contributed by atoms with Crippen molar-refractivity contribution in [3.63, 3.8) is 0 Å². The Labute approximate surface area is 100.0 Å². The average molecular weight is 269 g/mol. The number of methoxy groups -OCH3 is 1. The van der Waals surface area contributed by atoms with E-state index in [1.54, 1.807) is 7.11 Å². The van der Waals surface area contributed by atoms with E-state index in [2.05, 4.69) is 41.1 Å². The molecule has 1 saturated carbocycles. The molecule has 0 saturated heterocycles. The Kier molecular flexibility index (Phi) is 3.06. The highest BCUT2D eigenvalue weighted by Crippen LogP contribution is 2.52. The van der Waals surface area contributed by atoms with E-state index in [0.717, 1.165) is 17.5 Å². The van der Waals surface area contributed by atoms with Crippen LogP contribution in [-0.2, 0) is 11.8 Å². The van der Waals surface area contributed by atoms with Gasteiger partial charge in [0.2, 0.25) is 0 Å². The van der Waals surface area contributed by atoms with E-state index >= 15 is 0 Å². The van der Waals surface area contributed by atoms with Crippen molar-refractivity contribution in [1.82, 2.24) is 0 Å². The van der Waals surface area contributed by atoms with Crippen molar-refractivity contribution >= 4 is 15.9 Å². The van der Waals surface area contributed by atoms with Gasteiger partial charge in [0, 0.05) is 16.3 Å². The van der Waals surface area contributed by atoms with Crippen molar-refractivity contribution in [3.8, 4) is 5.75 Å². The van der Waals surface area contributed by atoms with Gasteiger partial charge in [0.05, 0.1) is 7.11 Å². The first-order valence-corrected chi connectivity index (χ1v) is 6.61. The number of aryl methyl sites for hydroxylation is 1. The Hall–Kier alpha value is -0.500. The molecule has 82 valence electrons. The topological polar surface area (TPSA) is 9.23 Å². The second kappa shape index (κ2) is 4.17. The van der Waals surface area contributed by atoms with Crippen LogP contribution in [-0.4, -0.2) is 12.4 Å². The summed E-state index contributed by atoms with van der Waals surface area (Å²) in [5.74, 6) is 1.05. The monoisotopic (exact) mass is 268 g/mol. The lowest BCUT2D eigenvalue weighted by Crippen LogP contribution is -2.10. The molecule has 0 heterocycles. The van der Waals surface area contributed by atoms with E-state index in [-0.39, 0.29) is 0 Å². The van der Waals surface area contributed by atoms with E-state index in [1.165, 1.54) is 24.0 Å². The third-order valence-corrected chi connectivity index (χ3v) is 4.43. The Bertz CT molecular complexity index is 356. The van der Waals surface area contributed by atoms with Gasteiger partial charge in [-0.25, -0.2) is 0 Å². The molecule has 15 heavy (non-hydrogen) atoms. The zero-order chi connectivity index (χ0) is 10.9. The number of benzene rings is 1. The fraction of sp³-hybridized carbons (Fsp3) is 0.538. The van der Waals surface area contributed by atoms with Crippen LogP contribution < -0.4 is 4.74 Å². The molecule has 0 radical (unpaired) electrons. The summed E-state index contributed by atoms with van der Waals surface area (Å²) in [7, 11) is 1.76. The van der Waals surface area contributed by atoms with Crippen molar-refractivity contribution in [1.29, 1.82) is 0 Å². The second-order valence-corrected chi connectivity index (χ2v) is 4.86. The molecule has 1 aromatic rings. The van der Waals surface area contributed by atoms with Gasteiger partial charge in [-0.05, 0) is 30.9 Å². The summed E-state index contributed by atoms with van der Waals surface area (Å²) < 4.78 is 5.45. The Morgan fingerprint density at radius 2 is 2.13 bits per heavy atom. The molecule has 1 fully saturated rings. The maximum absolute atomic E-state index is 5.45. The normalized spacial score (nSPS) is 17.5. The van der Waals surface area contributed by atoms with Crippen LogP contribution in [0.3, 0.4) is 0 Å². The first-order chi connectivity index (χ1) is 7.25. The van der Waals surface area contributed by atoms with Gasteiger partial charge in [0.15, 0.2) is 0 Å². The standard InChI is InChI=1S/C13H17BrO/c1-3-10-4-5-12(15-2)11(8-10)13(9-14)6-7-13/h4-5,8H,3,6-7,9H2,1-2H3. The molecule has 0 aliphatic heterocycles. The van der Waals surface area contributed by atoms with Crippen LogP contribution in [0.1, 0.15) is 30.9 Å². The van der Waals surface area contributed by atoms with Gasteiger partial charge in [0.25, 0.3) is 0 Å². The first kappa shape index (κ1) is 11.0. The molecule has 2 rings (SSSR count). The number of hydrogen-bond donors (Lipinski definition) is 0. The fourth-order valence-corrected chi connectivity index (χ4v) is 2.88. The average Bonchev–Trinajstić information content (AvgIpc) is 3.09. The molecule has 0 N–H and O–H groups in total. The molecular formula is C13H17BrO. The summed E-state index contributed by atoms with van der Waals surface area (Å²) in [6.07, 6.45) is 3.65. The Morgan fingerprint density at radius 3 is 2.60 bits per heavy atom. The largest absolute Gasteiger partial charge is 0.496 e. The van der Waals surface area contributed by atoms with E-state index in [4.69, 9.17) is 4.74 Å². The van der Waals surface area contributed by atoms with Crippen LogP contribution in [0.5, 0.6) is 5.75 Å². The molecular weight excluding hydrogens is 252 g/mol. The minimum atomic E-state index is 0.358. The Balaban J connectivity index is 2.42. The molecule has 0 atom stereocenters. The van der Waals surface area contributed by atoms with Gasteiger partial charge in [-0.15, -0.1) is 0 Å². The first-order valence-electron chi connectivity index (χ1n) is 5.49. The predicted octanol–water partition coefficient (Wildman–Crippen LogP) is 3.68. The minimum absolute atomic E-state index is 0.358. The maximum Gasteiger partial charge on any atom is 0.122 e. The minimum Gasteiger partial charge on any atom is -0.496 e. The zero-order valence-electron chi connectivity index (χ0n) is 9.35. The van der Waals surface area contributed by atoms with Gasteiger partial charge in [-0.3, -0.25) is 0 Å². The van der Waals surface area contributed by atoms with Gasteiger partial charge in [0.1, 0.15) is 5.75 Å². The van der Waals surface area contributed by atoms with E-state index in [1.807, 2.05) is 0 Å². The maximum atomic E-state index is 5.45. The summed E-state index contributed by atoms with van der Waals surface area (Å²) in [5.41, 5.74) is 3.15. The molecule has 0 amide bonds. The summed E-state index contributed by atoms with van der Waals surface area (Å²) in [6.45, 7) is 2.19. The third kappa shape index (κ3) is 1.92. The molecule has 0 spiro atoms. The summed E-state index contributed by atoms with van der Waals surface area (Å²) in [4.78, 5) is 0. The second-order valence-electron chi connectivity index (χ2n) is 4.30. The highest BCUT2D eigenvalue weighted by atomic mass is 79.9. The molecule has 1 aromatic carbocycles. The lowest BCUT2D eigenvalue weighted by Gasteiger charge is -2.17. The number of hydrogen-bond acceptors (Lipinski definition) is 1. The van der Waals surface area contributed by atoms with Gasteiger partial charge in [-0.1, -0.05) is 35.0 Å². The van der Waals surface area contributed by atoms with Crippen LogP contribution in [0.4, 0.5) is 0 Å². The van der Waals surface area contributed by atoms with Crippen molar-refractivity contribution in [2.45, 2.75) is 31.6 Å². The summed E-state index contributed by atoms with van der Waals surface area (Å²) in [5, 5.41) is 1.05. The summed E-state index contributed by atoms with van der Waals surface area (Å²) >= 11 is 3.62. The number of rotatable bonds is 4. The summed E-state index contributed by atoms with van der Waals surface area (Å²) in [6, 6.07) is 6.58. The van der Waals surface area contributed by atoms with Gasteiger partial charge >= 0.3 is 0 Å². The molecule has 1 nitrogen and oxygen atoms in total. The highest BCUT2D eigenvalue weighted by Gasteiger charge is 2.45. The van der Waals surface area contributed by atoms with Crippen molar-refractivity contribution in [2.24, 2.45) is 0 Å². The van der Waals surface area contributed by atoms with Crippen molar-refractivity contribution in [3.05, 3.63) is 29.3 Å². The fourth-order valence-electron chi connectivity index (χ4n) is 2.02. The molecule has 1 aliphatic rings. The molecule has 1 aliphatic carbocycles. The SMILES string of the molecule is CCc1ccc(OC)c(C2(CBr)CC2)c1. The molecule has 2 heteroatoms. The van der Waals surface area contributed by atoms with Gasteiger partial charge in [-0.2, -0.15) is 0 Å². The van der Waals surface area contributed by atoms with Crippen LogP contribution in [0.25, 0.3) is 0 Å². The van der Waals surface area contributed by atoms with Crippen molar-refractivity contribution in [2.75, 3.05) is 12.4 Å². The molecule has 0 unspecified atom stereocenters. The van der Waals surface area contributed by atoms with E-state index in [0.29, 0.717) is 5.41 Å². The number of halogens is 1. The van der Waals surface area contributed by atoms with Crippen LogP contribution >= 0.6 is 15.9 Å². The number of ether oxygens (including phenoxy) is 1. The van der Waals surface area contributed by atoms with Gasteiger partial charge < -0.3 is 4.74 Å². The van der Waals surface area contributed by atoms with Crippen LogP contribution in [0, 0.1) is 0 Å². The van der Waals surface area contributed by atoms with Crippen LogP contribution in [0.15, 0.2) is 18.2 Å². The Morgan fingerprint density at radius 1 is 1.40 bits per heavy atom. The van der Waals surface area contributed by atoms with E-state index < -0.39 is 0 Å². The molecule has 0 aromatic heterocycles. The van der Waals surface area contributed by atoms with Crippen LogP contribution in [0.2, 0.25) is 0 Å². The van der Waals surface area contributed by atoms with E-state index in [9.17, 15) is 0 Å². The number of alkyl halides is 1. The molecule has 0 bridgehead atoms. The third-order valence-electron chi connectivity index (χ3n) is 3.35. The lowest BCUT2D eigenvalue weighted by molar-refractivity contribution is 0.405. The quantitative estimate of drug-likeness (QED) is 0.757. The lowest BCUT2D eigenvalue weighted by atomic mass is 9.94. The highest BCUT2D eigenvalue weighted by molar-refractivity contribution is 9.09. The smallest absolute Gasteiger partial charge is 0.122 e. The predicted molar refractivity (Wildman–Crippen MR) is 67.1 cm³/mol. The zero-order valence-corrected chi connectivity index (χ0v) is 10.9.